The van der Waals surface area contributed by atoms with Crippen LogP contribution in [-0.2, 0) is 29.0 Å². The lowest BCUT2D eigenvalue weighted by Gasteiger charge is -2.32. The summed E-state index contributed by atoms with van der Waals surface area (Å²) in [4.78, 5) is 25.7. The second kappa shape index (κ2) is 14.3. The molecule has 0 amide bonds. The summed E-state index contributed by atoms with van der Waals surface area (Å²) >= 11 is 4.75. The van der Waals surface area contributed by atoms with Crippen LogP contribution in [0.2, 0.25) is 0 Å². The van der Waals surface area contributed by atoms with E-state index in [0.717, 1.165) is 16.1 Å². The van der Waals surface area contributed by atoms with Crippen LogP contribution in [0, 0.1) is 0 Å². The Labute approximate surface area is 254 Å². The van der Waals surface area contributed by atoms with E-state index in [1.165, 1.54) is 18.4 Å². The number of benzene rings is 1. The Kier molecular flexibility index (Phi) is 11.6. The predicted octanol–water partition coefficient (Wildman–Crippen LogP) is 5.32. The molecule has 0 radical (unpaired) electrons. The maximum absolute atomic E-state index is 12.7. The molecule has 1 saturated heterocycles. The molecule has 0 atom stereocenters. The van der Waals surface area contributed by atoms with Crippen molar-refractivity contribution in [3.05, 3.63) is 33.6 Å². The van der Waals surface area contributed by atoms with Gasteiger partial charge in [0.15, 0.2) is 17.2 Å². The van der Waals surface area contributed by atoms with Gasteiger partial charge >= 0.3 is 11.9 Å². The smallest absolute Gasteiger partial charge is 0.351 e. The number of nitrogens with zero attached hydrogens (tertiary/aromatic N) is 1. The summed E-state index contributed by atoms with van der Waals surface area (Å²) in [5.74, 6) is -0.929. The van der Waals surface area contributed by atoms with Crippen LogP contribution < -0.4 is 10.1 Å². The molecule has 0 spiro atoms. The van der Waals surface area contributed by atoms with E-state index in [-0.39, 0.29) is 41.7 Å². The van der Waals surface area contributed by atoms with Gasteiger partial charge in [-0.25, -0.2) is 22.3 Å². The number of carbonyl (C=O) groups is 2. The van der Waals surface area contributed by atoms with E-state index < -0.39 is 27.6 Å². The summed E-state index contributed by atoms with van der Waals surface area (Å²) in [7, 11) is -2.07. The van der Waals surface area contributed by atoms with Gasteiger partial charge in [0, 0.05) is 24.8 Å². The SMILES string of the molecule is COC(=O)c1sc(-c2cccc(NC3CCN(S(=O)(=O)CCOC(C)C)CC3)c2)c(Br)c1OCC(=O)OC(C)(C)C. The van der Waals surface area contributed by atoms with Gasteiger partial charge in [-0.2, -0.15) is 0 Å². The van der Waals surface area contributed by atoms with Crippen molar-refractivity contribution in [2.75, 3.05) is 44.5 Å². The summed E-state index contributed by atoms with van der Waals surface area (Å²) in [6.45, 7) is 9.77. The van der Waals surface area contributed by atoms with Crippen molar-refractivity contribution in [1.29, 1.82) is 0 Å². The van der Waals surface area contributed by atoms with Gasteiger partial charge in [0.05, 0.1) is 34.9 Å². The maximum atomic E-state index is 12.7. The van der Waals surface area contributed by atoms with Crippen LogP contribution in [0.1, 0.15) is 57.1 Å². The van der Waals surface area contributed by atoms with E-state index in [1.807, 2.05) is 38.1 Å². The van der Waals surface area contributed by atoms with Gasteiger partial charge in [0.1, 0.15) is 5.60 Å². The minimum Gasteiger partial charge on any atom is -0.479 e. The lowest BCUT2D eigenvalue weighted by atomic mass is 10.1. The van der Waals surface area contributed by atoms with E-state index in [4.69, 9.17) is 18.9 Å². The first kappa shape index (κ1) is 33.3. The molecule has 1 aromatic carbocycles. The van der Waals surface area contributed by atoms with Gasteiger partial charge in [-0.1, -0.05) is 12.1 Å². The Bertz CT molecular complexity index is 1310. The third-order valence-corrected chi connectivity index (χ3v) is 10.1. The van der Waals surface area contributed by atoms with E-state index in [2.05, 4.69) is 21.2 Å². The number of nitrogens with one attached hydrogen (secondary N) is 1. The van der Waals surface area contributed by atoms with Crippen LogP contribution in [-0.4, -0.2) is 81.6 Å². The van der Waals surface area contributed by atoms with Crippen LogP contribution in [0.3, 0.4) is 0 Å². The summed E-state index contributed by atoms with van der Waals surface area (Å²) in [5.41, 5.74) is 1.03. The van der Waals surface area contributed by atoms with Crippen LogP contribution in [0.15, 0.2) is 28.7 Å². The van der Waals surface area contributed by atoms with Crippen molar-refractivity contribution >= 4 is 54.9 Å². The van der Waals surface area contributed by atoms with Crippen LogP contribution >= 0.6 is 27.3 Å². The average molecular weight is 676 g/mol. The van der Waals surface area contributed by atoms with Crippen molar-refractivity contribution in [2.45, 2.75) is 65.2 Å². The zero-order valence-electron chi connectivity index (χ0n) is 24.3. The molecule has 2 heterocycles. The monoisotopic (exact) mass is 674 g/mol. The molecule has 2 aromatic rings. The number of hydrogen-bond donors (Lipinski definition) is 1. The minimum absolute atomic E-state index is 0.00546. The van der Waals surface area contributed by atoms with Crippen molar-refractivity contribution in [3.63, 3.8) is 0 Å². The zero-order valence-corrected chi connectivity index (χ0v) is 27.5. The second-order valence-electron chi connectivity index (χ2n) is 10.9. The normalized spacial score (nSPS) is 15.1. The number of esters is 2. The maximum Gasteiger partial charge on any atom is 0.351 e. The molecule has 13 heteroatoms. The lowest BCUT2D eigenvalue weighted by Crippen LogP contribution is -2.43. The highest BCUT2D eigenvalue weighted by molar-refractivity contribution is 9.10. The van der Waals surface area contributed by atoms with Crippen LogP contribution in [0.4, 0.5) is 5.69 Å². The number of sulfonamides is 1. The zero-order chi connectivity index (χ0) is 30.4. The van der Waals surface area contributed by atoms with Gasteiger partial charge < -0.3 is 24.3 Å². The number of hydrogen-bond acceptors (Lipinski definition) is 10. The molecule has 10 nitrogen and oxygen atoms in total. The van der Waals surface area contributed by atoms with Crippen molar-refractivity contribution < 1.29 is 37.0 Å². The number of anilines is 1. The average Bonchev–Trinajstić information content (AvgIpc) is 3.22. The Morgan fingerprint density at radius 1 is 1.20 bits per heavy atom. The molecule has 228 valence electrons. The molecule has 1 aliphatic heterocycles. The number of methoxy groups -OCH3 is 1. The summed E-state index contributed by atoms with van der Waals surface area (Å²) in [6.07, 6.45) is 1.34. The molecule has 0 bridgehead atoms. The fraction of sp³-hybridized carbons (Fsp3) is 0.571. The number of halogens is 1. The molecule has 1 aliphatic rings. The standard InChI is InChI=1S/C28H39BrN2O8S2/c1-18(2)37-14-15-41(34,35)31-12-10-20(11-13-31)30-21-9-7-8-19(16-21)25-23(29)24(26(40-25)27(33)36-6)38-17-22(32)39-28(3,4)5/h7-9,16,18,20,30H,10-15,17H2,1-6H3. The number of ether oxygens (including phenoxy) is 4. The first-order valence-corrected chi connectivity index (χ1v) is 16.6. The second-order valence-corrected chi connectivity index (χ2v) is 14.8. The predicted molar refractivity (Wildman–Crippen MR) is 163 cm³/mol. The van der Waals surface area contributed by atoms with E-state index >= 15 is 0 Å². The number of thiophene rings is 1. The molecular weight excluding hydrogens is 636 g/mol. The highest BCUT2D eigenvalue weighted by atomic mass is 79.9. The largest absolute Gasteiger partial charge is 0.479 e. The van der Waals surface area contributed by atoms with Gasteiger partial charge in [-0.05, 0) is 81.1 Å². The van der Waals surface area contributed by atoms with E-state index in [9.17, 15) is 18.0 Å². The Balaban J connectivity index is 1.70. The highest BCUT2D eigenvalue weighted by Gasteiger charge is 2.29. The van der Waals surface area contributed by atoms with Crippen molar-refractivity contribution in [3.8, 4) is 16.2 Å². The fourth-order valence-corrected chi connectivity index (χ4v) is 7.52. The topological polar surface area (TPSA) is 120 Å². The van der Waals surface area contributed by atoms with Gasteiger partial charge in [0.25, 0.3) is 0 Å². The van der Waals surface area contributed by atoms with E-state index in [1.54, 1.807) is 25.1 Å². The highest BCUT2D eigenvalue weighted by Crippen LogP contribution is 2.46. The van der Waals surface area contributed by atoms with E-state index in [0.29, 0.717) is 30.4 Å². The Hall–Kier alpha value is -2.19. The fourth-order valence-electron chi connectivity index (χ4n) is 4.22. The Morgan fingerprint density at radius 3 is 2.49 bits per heavy atom. The molecule has 1 aromatic heterocycles. The third kappa shape index (κ3) is 9.67. The molecule has 0 saturated carbocycles. The van der Waals surface area contributed by atoms with Gasteiger partial charge in [0.2, 0.25) is 10.0 Å². The molecule has 0 aliphatic carbocycles. The molecule has 1 N–H and O–H groups in total. The molecule has 0 unspecified atom stereocenters. The van der Waals surface area contributed by atoms with Crippen molar-refractivity contribution in [1.82, 2.24) is 4.31 Å². The van der Waals surface area contributed by atoms with Gasteiger partial charge in [-0.15, -0.1) is 11.3 Å². The van der Waals surface area contributed by atoms with Gasteiger partial charge in [-0.3, -0.25) is 0 Å². The van der Waals surface area contributed by atoms with Crippen molar-refractivity contribution in [2.24, 2.45) is 0 Å². The van der Waals surface area contributed by atoms with Crippen LogP contribution in [0.5, 0.6) is 5.75 Å². The Morgan fingerprint density at radius 2 is 1.88 bits per heavy atom. The molecule has 3 rings (SSSR count). The molecule has 1 fully saturated rings. The number of piperidine rings is 1. The molecule has 41 heavy (non-hydrogen) atoms. The first-order chi connectivity index (χ1) is 19.2. The quantitative estimate of drug-likeness (QED) is 0.298. The first-order valence-electron chi connectivity index (χ1n) is 13.4. The molecular formula is C28H39BrN2O8S2. The van der Waals surface area contributed by atoms with Crippen LogP contribution in [0.25, 0.3) is 10.4 Å². The lowest BCUT2D eigenvalue weighted by molar-refractivity contribution is -0.157. The number of carbonyl (C=O) groups excluding carboxylic acids is 2. The third-order valence-electron chi connectivity index (χ3n) is 6.07. The summed E-state index contributed by atoms with van der Waals surface area (Å²) in [5, 5.41) is 3.52. The summed E-state index contributed by atoms with van der Waals surface area (Å²) in [6, 6.07) is 7.82. The minimum atomic E-state index is -3.36. The number of rotatable bonds is 12. The summed E-state index contributed by atoms with van der Waals surface area (Å²) < 4.78 is 48.8.